The summed E-state index contributed by atoms with van der Waals surface area (Å²) in [5.74, 6) is -0.236. The predicted octanol–water partition coefficient (Wildman–Crippen LogP) is 2.56. The minimum Gasteiger partial charge on any atom is -0.508 e. The summed E-state index contributed by atoms with van der Waals surface area (Å²) in [6.07, 6.45) is 1.37. The van der Waals surface area contributed by atoms with Gasteiger partial charge in [-0.15, -0.1) is 0 Å². The van der Waals surface area contributed by atoms with E-state index in [2.05, 4.69) is 0 Å². The number of hydrogen-bond acceptors (Lipinski definition) is 5. The Balaban J connectivity index is 1.76. The molecule has 1 aliphatic carbocycles. The molecule has 5 nitrogen and oxygen atoms in total. The Morgan fingerprint density at radius 3 is 2.10 bits per heavy atom. The SMILES string of the molecule is Oc1cc(O)c(C[C@@H]2CC2c2ccc(O)c(O)c2)c(O)c1. The van der Waals surface area contributed by atoms with Gasteiger partial charge in [0.15, 0.2) is 11.5 Å². The van der Waals surface area contributed by atoms with Crippen molar-refractivity contribution in [3.05, 3.63) is 41.5 Å². The van der Waals surface area contributed by atoms with E-state index in [0.717, 1.165) is 12.0 Å². The van der Waals surface area contributed by atoms with Crippen LogP contribution in [0, 0.1) is 5.92 Å². The Morgan fingerprint density at radius 1 is 0.810 bits per heavy atom. The first-order valence-electron chi connectivity index (χ1n) is 6.71. The van der Waals surface area contributed by atoms with Crippen LogP contribution in [0.5, 0.6) is 28.7 Å². The molecule has 1 fully saturated rings. The molecule has 0 aliphatic heterocycles. The van der Waals surface area contributed by atoms with Crippen molar-refractivity contribution in [2.75, 3.05) is 0 Å². The third kappa shape index (κ3) is 2.54. The molecule has 1 unspecified atom stereocenters. The van der Waals surface area contributed by atoms with E-state index >= 15 is 0 Å². The molecule has 0 saturated heterocycles. The Morgan fingerprint density at radius 2 is 1.48 bits per heavy atom. The molecular weight excluding hydrogens is 272 g/mol. The summed E-state index contributed by atoms with van der Waals surface area (Å²) in [5, 5.41) is 47.7. The van der Waals surface area contributed by atoms with Crippen LogP contribution < -0.4 is 0 Å². The minimum atomic E-state index is -0.176. The lowest BCUT2D eigenvalue weighted by Gasteiger charge is -2.08. The molecule has 2 atom stereocenters. The molecule has 0 bridgehead atoms. The van der Waals surface area contributed by atoms with Gasteiger partial charge >= 0.3 is 0 Å². The fourth-order valence-corrected chi connectivity index (χ4v) is 2.75. The zero-order chi connectivity index (χ0) is 15.1. The Kier molecular flexibility index (Phi) is 3.05. The van der Waals surface area contributed by atoms with Crippen LogP contribution in [0.1, 0.15) is 23.5 Å². The highest BCUT2D eigenvalue weighted by atomic mass is 16.3. The quantitative estimate of drug-likeness (QED) is 0.559. The summed E-state index contributed by atoms with van der Waals surface area (Å²) in [6.45, 7) is 0. The molecule has 0 spiro atoms. The smallest absolute Gasteiger partial charge is 0.157 e. The Labute approximate surface area is 121 Å². The van der Waals surface area contributed by atoms with Crippen molar-refractivity contribution >= 4 is 0 Å². The van der Waals surface area contributed by atoms with Crippen LogP contribution in [0.3, 0.4) is 0 Å². The second-order valence-electron chi connectivity index (χ2n) is 5.52. The summed E-state index contributed by atoms with van der Waals surface area (Å²) in [7, 11) is 0. The van der Waals surface area contributed by atoms with Gasteiger partial charge in [-0.2, -0.15) is 0 Å². The minimum absolute atomic E-state index is 0.119. The lowest BCUT2D eigenvalue weighted by Crippen LogP contribution is -1.92. The van der Waals surface area contributed by atoms with Crippen molar-refractivity contribution in [1.82, 2.24) is 0 Å². The van der Waals surface area contributed by atoms with Crippen LogP contribution in [0.4, 0.5) is 0 Å². The second kappa shape index (κ2) is 4.77. The average Bonchev–Trinajstić information content (AvgIpc) is 3.16. The van der Waals surface area contributed by atoms with Gasteiger partial charge in [-0.05, 0) is 42.4 Å². The summed E-state index contributed by atoms with van der Waals surface area (Å²) in [5.41, 5.74) is 1.34. The first-order valence-corrected chi connectivity index (χ1v) is 6.71. The number of benzene rings is 2. The highest BCUT2D eigenvalue weighted by molar-refractivity contribution is 5.50. The molecule has 3 rings (SSSR count). The van der Waals surface area contributed by atoms with E-state index in [9.17, 15) is 25.5 Å². The van der Waals surface area contributed by atoms with Crippen molar-refractivity contribution in [2.24, 2.45) is 5.92 Å². The lowest BCUT2D eigenvalue weighted by molar-refractivity contribution is 0.403. The number of phenols is 5. The van der Waals surface area contributed by atoms with Crippen molar-refractivity contribution in [3.63, 3.8) is 0 Å². The molecule has 2 aromatic rings. The van der Waals surface area contributed by atoms with E-state index in [1.807, 2.05) is 0 Å². The van der Waals surface area contributed by atoms with Gasteiger partial charge in [0.25, 0.3) is 0 Å². The molecular formula is C16H16O5. The second-order valence-corrected chi connectivity index (χ2v) is 5.52. The van der Waals surface area contributed by atoms with Gasteiger partial charge in [-0.3, -0.25) is 0 Å². The summed E-state index contributed by atoms with van der Waals surface area (Å²) >= 11 is 0. The largest absolute Gasteiger partial charge is 0.508 e. The number of rotatable bonds is 3. The number of phenolic OH excluding ortho intramolecular Hbond substituents is 5. The molecule has 5 heteroatoms. The summed E-state index contributed by atoms with van der Waals surface area (Å²) in [6, 6.07) is 7.17. The van der Waals surface area contributed by atoms with E-state index in [1.54, 1.807) is 6.07 Å². The van der Waals surface area contributed by atoms with Crippen LogP contribution in [-0.2, 0) is 6.42 Å². The maximum absolute atomic E-state index is 9.79. The zero-order valence-electron chi connectivity index (χ0n) is 11.2. The molecule has 0 heterocycles. The molecule has 0 amide bonds. The van der Waals surface area contributed by atoms with E-state index < -0.39 is 0 Å². The van der Waals surface area contributed by atoms with Gasteiger partial charge in [0, 0.05) is 17.7 Å². The third-order valence-corrected chi connectivity index (χ3v) is 4.00. The standard InChI is InChI=1S/C16H16O5/c17-10-6-14(19)12(15(20)7-10)4-9-3-11(9)8-1-2-13(18)16(21)5-8/h1-2,5-7,9,11,17-21H,3-4H2/t9-,11?/m0/s1. The maximum Gasteiger partial charge on any atom is 0.157 e. The molecule has 1 saturated carbocycles. The van der Waals surface area contributed by atoms with Crippen LogP contribution >= 0.6 is 0 Å². The highest BCUT2D eigenvalue weighted by Gasteiger charge is 2.39. The van der Waals surface area contributed by atoms with Crippen molar-refractivity contribution in [1.29, 1.82) is 0 Å². The molecule has 2 aromatic carbocycles. The van der Waals surface area contributed by atoms with E-state index in [-0.39, 0.29) is 40.6 Å². The van der Waals surface area contributed by atoms with Crippen molar-refractivity contribution in [3.8, 4) is 28.7 Å². The molecule has 110 valence electrons. The van der Waals surface area contributed by atoms with Gasteiger partial charge in [0.2, 0.25) is 0 Å². The Hall–Kier alpha value is -2.56. The molecule has 21 heavy (non-hydrogen) atoms. The van der Waals surface area contributed by atoms with Crippen LogP contribution in [-0.4, -0.2) is 25.5 Å². The van der Waals surface area contributed by atoms with Crippen LogP contribution in [0.15, 0.2) is 30.3 Å². The van der Waals surface area contributed by atoms with Crippen LogP contribution in [0.25, 0.3) is 0 Å². The number of hydrogen-bond donors (Lipinski definition) is 5. The molecule has 1 aliphatic rings. The monoisotopic (exact) mass is 288 g/mol. The zero-order valence-corrected chi connectivity index (χ0v) is 11.2. The highest BCUT2D eigenvalue weighted by Crippen LogP contribution is 2.52. The Bertz CT molecular complexity index is 672. The van der Waals surface area contributed by atoms with Crippen molar-refractivity contribution in [2.45, 2.75) is 18.8 Å². The molecule has 0 radical (unpaired) electrons. The fraction of sp³-hybridized carbons (Fsp3) is 0.250. The number of aromatic hydroxyl groups is 5. The average molecular weight is 288 g/mol. The predicted molar refractivity (Wildman–Crippen MR) is 75.8 cm³/mol. The van der Waals surface area contributed by atoms with E-state index in [1.165, 1.54) is 24.3 Å². The van der Waals surface area contributed by atoms with Gasteiger partial charge in [-0.25, -0.2) is 0 Å². The van der Waals surface area contributed by atoms with Crippen molar-refractivity contribution < 1.29 is 25.5 Å². The summed E-state index contributed by atoms with van der Waals surface area (Å²) < 4.78 is 0. The van der Waals surface area contributed by atoms with E-state index in [0.29, 0.717) is 12.0 Å². The van der Waals surface area contributed by atoms with Gasteiger partial charge in [0.05, 0.1) is 0 Å². The molecule has 0 aromatic heterocycles. The lowest BCUT2D eigenvalue weighted by atomic mass is 10.0. The van der Waals surface area contributed by atoms with E-state index in [4.69, 9.17) is 0 Å². The van der Waals surface area contributed by atoms with Crippen LogP contribution in [0.2, 0.25) is 0 Å². The van der Waals surface area contributed by atoms with Gasteiger partial charge in [0.1, 0.15) is 17.2 Å². The molecule has 5 N–H and O–H groups in total. The topological polar surface area (TPSA) is 101 Å². The first kappa shape index (κ1) is 13.4. The van der Waals surface area contributed by atoms with Gasteiger partial charge < -0.3 is 25.5 Å². The first-order chi connectivity index (χ1) is 9.95. The third-order valence-electron chi connectivity index (χ3n) is 4.00. The maximum atomic E-state index is 9.79. The summed E-state index contributed by atoms with van der Waals surface area (Å²) in [4.78, 5) is 0. The normalized spacial score (nSPS) is 20.4. The fourth-order valence-electron chi connectivity index (χ4n) is 2.75. The van der Waals surface area contributed by atoms with Gasteiger partial charge in [-0.1, -0.05) is 6.07 Å².